The Kier molecular flexibility index (Phi) is 3.52. The molecule has 1 aliphatic rings. The van der Waals surface area contributed by atoms with Gasteiger partial charge in [0.2, 0.25) is 5.76 Å². The van der Waals surface area contributed by atoms with Crippen molar-refractivity contribution in [2.45, 2.75) is 45.7 Å². The number of carboxylic acids is 1. The average Bonchev–Trinajstić information content (AvgIpc) is 2.63. The number of carbonyl (C=O) groups is 1. The second kappa shape index (κ2) is 4.92. The first-order chi connectivity index (χ1) is 8.08. The van der Waals surface area contributed by atoms with Gasteiger partial charge >= 0.3 is 5.97 Å². The predicted octanol–water partition coefficient (Wildman–Crippen LogP) is 2.66. The highest BCUT2D eigenvalue weighted by molar-refractivity contribution is 5.86. The second-order valence-corrected chi connectivity index (χ2v) is 4.85. The predicted molar refractivity (Wildman–Crippen MR) is 64.1 cm³/mol. The summed E-state index contributed by atoms with van der Waals surface area (Å²) in [4.78, 5) is 13.2. The molecule has 0 spiro atoms. The standard InChI is InChI=1S/C13H19NO3/c1-9-7-11(17-12(9)13(15)16)8-14-6-4-3-5-10(14)2/h7,10H,3-6,8H2,1-2H3,(H,15,16). The molecule has 1 fully saturated rings. The fraction of sp³-hybridized carbons (Fsp3) is 0.615. The number of hydrogen-bond acceptors (Lipinski definition) is 3. The summed E-state index contributed by atoms with van der Waals surface area (Å²) >= 11 is 0. The van der Waals surface area contributed by atoms with E-state index in [9.17, 15) is 4.79 Å². The number of likely N-dealkylation sites (tertiary alicyclic amines) is 1. The van der Waals surface area contributed by atoms with Crippen molar-refractivity contribution in [2.75, 3.05) is 6.54 Å². The van der Waals surface area contributed by atoms with Crippen molar-refractivity contribution >= 4 is 5.97 Å². The number of nitrogens with zero attached hydrogens (tertiary/aromatic N) is 1. The SMILES string of the molecule is Cc1cc(CN2CCCCC2C)oc1C(=O)O. The van der Waals surface area contributed by atoms with E-state index in [-0.39, 0.29) is 5.76 Å². The Morgan fingerprint density at radius 2 is 2.35 bits per heavy atom. The van der Waals surface area contributed by atoms with E-state index in [0.717, 1.165) is 18.8 Å². The van der Waals surface area contributed by atoms with Crippen LogP contribution >= 0.6 is 0 Å². The molecule has 1 unspecified atom stereocenters. The van der Waals surface area contributed by atoms with Crippen molar-refractivity contribution in [1.29, 1.82) is 0 Å². The van der Waals surface area contributed by atoms with Crippen molar-refractivity contribution in [3.05, 3.63) is 23.2 Å². The summed E-state index contributed by atoms with van der Waals surface area (Å²) in [6, 6.07) is 2.40. The molecule has 4 heteroatoms. The molecule has 94 valence electrons. The molecule has 0 aromatic carbocycles. The van der Waals surface area contributed by atoms with Gasteiger partial charge in [-0.15, -0.1) is 0 Å². The van der Waals surface area contributed by atoms with Gasteiger partial charge in [-0.2, -0.15) is 0 Å². The van der Waals surface area contributed by atoms with Crippen molar-refractivity contribution in [1.82, 2.24) is 4.90 Å². The molecule has 2 heterocycles. The zero-order chi connectivity index (χ0) is 12.4. The molecule has 0 radical (unpaired) electrons. The molecule has 1 N–H and O–H groups in total. The van der Waals surface area contributed by atoms with Crippen molar-refractivity contribution in [3.8, 4) is 0 Å². The minimum atomic E-state index is -0.986. The summed E-state index contributed by atoms with van der Waals surface area (Å²) in [5.74, 6) is -0.154. The van der Waals surface area contributed by atoms with Gasteiger partial charge in [0.15, 0.2) is 0 Å². The molecular formula is C13H19NO3. The lowest BCUT2D eigenvalue weighted by atomic mass is 10.0. The molecule has 0 bridgehead atoms. The first kappa shape index (κ1) is 12.2. The fourth-order valence-corrected chi connectivity index (χ4v) is 2.43. The molecule has 0 aliphatic carbocycles. The van der Waals surface area contributed by atoms with Crippen LogP contribution in [0.3, 0.4) is 0 Å². The van der Waals surface area contributed by atoms with Crippen LogP contribution in [0, 0.1) is 6.92 Å². The first-order valence-electron chi connectivity index (χ1n) is 6.14. The van der Waals surface area contributed by atoms with Crippen LogP contribution in [0.5, 0.6) is 0 Å². The molecule has 1 aromatic rings. The number of furan rings is 1. The van der Waals surface area contributed by atoms with E-state index >= 15 is 0 Å². The Bertz CT molecular complexity index is 411. The minimum absolute atomic E-state index is 0.0738. The summed E-state index contributed by atoms with van der Waals surface area (Å²) in [5.41, 5.74) is 0.706. The molecule has 1 saturated heterocycles. The lowest BCUT2D eigenvalue weighted by molar-refractivity contribution is 0.0654. The van der Waals surface area contributed by atoms with Gasteiger partial charge in [0.05, 0.1) is 6.54 Å². The lowest BCUT2D eigenvalue weighted by Crippen LogP contribution is -2.36. The zero-order valence-electron chi connectivity index (χ0n) is 10.4. The molecule has 4 nitrogen and oxygen atoms in total. The lowest BCUT2D eigenvalue weighted by Gasteiger charge is -2.32. The number of carboxylic acid groups (broad SMARTS) is 1. The van der Waals surface area contributed by atoms with E-state index in [2.05, 4.69) is 11.8 Å². The van der Waals surface area contributed by atoms with Gasteiger partial charge in [-0.25, -0.2) is 4.79 Å². The van der Waals surface area contributed by atoms with Crippen molar-refractivity contribution in [2.24, 2.45) is 0 Å². The highest BCUT2D eigenvalue weighted by atomic mass is 16.4. The summed E-state index contributed by atoms with van der Waals surface area (Å²) in [6.45, 7) is 5.78. The van der Waals surface area contributed by atoms with Crippen LogP contribution in [0.1, 0.15) is 48.1 Å². The third-order valence-corrected chi connectivity index (χ3v) is 3.46. The van der Waals surface area contributed by atoms with Crippen LogP contribution in [-0.4, -0.2) is 28.6 Å². The van der Waals surface area contributed by atoms with E-state index in [0.29, 0.717) is 11.6 Å². The summed E-state index contributed by atoms with van der Waals surface area (Å²) in [6.07, 6.45) is 3.72. The summed E-state index contributed by atoms with van der Waals surface area (Å²) < 4.78 is 5.39. The Labute approximate surface area is 101 Å². The van der Waals surface area contributed by atoms with Gasteiger partial charge < -0.3 is 9.52 Å². The topological polar surface area (TPSA) is 53.7 Å². The van der Waals surface area contributed by atoms with Crippen LogP contribution in [0.4, 0.5) is 0 Å². The molecule has 0 amide bonds. The van der Waals surface area contributed by atoms with E-state index < -0.39 is 5.97 Å². The number of hydrogen-bond donors (Lipinski definition) is 1. The molecule has 1 atom stereocenters. The third-order valence-electron chi connectivity index (χ3n) is 3.46. The number of aryl methyl sites for hydroxylation is 1. The Morgan fingerprint density at radius 3 is 2.94 bits per heavy atom. The van der Waals surface area contributed by atoms with Gasteiger partial charge in [-0.1, -0.05) is 6.42 Å². The van der Waals surface area contributed by atoms with E-state index in [4.69, 9.17) is 9.52 Å². The molecule has 1 aromatic heterocycles. The number of aromatic carboxylic acids is 1. The van der Waals surface area contributed by atoms with Gasteiger partial charge in [-0.3, -0.25) is 4.90 Å². The maximum atomic E-state index is 10.9. The summed E-state index contributed by atoms with van der Waals surface area (Å²) in [5, 5.41) is 8.93. The quantitative estimate of drug-likeness (QED) is 0.878. The Hall–Kier alpha value is -1.29. The Balaban J connectivity index is 2.07. The fourth-order valence-electron chi connectivity index (χ4n) is 2.43. The van der Waals surface area contributed by atoms with E-state index in [1.54, 1.807) is 6.92 Å². The van der Waals surface area contributed by atoms with E-state index in [1.807, 2.05) is 6.07 Å². The van der Waals surface area contributed by atoms with Gasteiger partial charge in [-0.05, 0) is 39.3 Å². The number of piperidine rings is 1. The maximum absolute atomic E-state index is 10.9. The molecule has 1 aliphatic heterocycles. The average molecular weight is 237 g/mol. The summed E-state index contributed by atoms with van der Waals surface area (Å²) in [7, 11) is 0. The molecule has 0 saturated carbocycles. The van der Waals surface area contributed by atoms with Crippen LogP contribution in [0.15, 0.2) is 10.5 Å². The van der Waals surface area contributed by atoms with Crippen molar-refractivity contribution in [3.63, 3.8) is 0 Å². The molecule has 17 heavy (non-hydrogen) atoms. The van der Waals surface area contributed by atoms with Crippen LogP contribution in [-0.2, 0) is 6.54 Å². The van der Waals surface area contributed by atoms with Crippen LogP contribution < -0.4 is 0 Å². The molecular weight excluding hydrogens is 218 g/mol. The van der Waals surface area contributed by atoms with Crippen LogP contribution in [0.25, 0.3) is 0 Å². The maximum Gasteiger partial charge on any atom is 0.372 e. The van der Waals surface area contributed by atoms with E-state index in [1.165, 1.54) is 19.3 Å². The largest absolute Gasteiger partial charge is 0.475 e. The van der Waals surface area contributed by atoms with Gasteiger partial charge in [0.1, 0.15) is 5.76 Å². The van der Waals surface area contributed by atoms with Crippen molar-refractivity contribution < 1.29 is 14.3 Å². The second-order valence-electron chi connectivity index (χ2n) is 4.85. The molecule has 2 rings (SSSR count). The Morgan fingerprint density at radius 1 is 1.59 bits per heavy atom. The zero-order valence-corrected chi connectivity index (χ0v) is 10.4. The smallest absolute Gasteiger partial charge is 0.372 e. The third kappa shape index (κ3) is 2.69. The minimum Gasteiger partial charge on any atom is -0.475 e. The first-order valence-corrected chi connectivity index (χ1v) is 6.14. The number of rotatable bonds is 3. The highest BCUT2D eigenvalue weighted by Gasteiger charge is 2.21. The normalized spacial score (nSPS) is 21.6. The monoisotopic (exact) mass is 237 g/mol. The highest BCUT2D eigenvalue weighted by Crippen LogP contribution is 2.21. The van der Waals surface area contributed by atoms with Gasteiger partial charge in [0.25, 0.3) is 0 Å². The van der Waals surface area contributed by atoms with Crippen LogP contribution in [0.2, 0.25) is 0 Å². The van der Waals surface area contributed by atoms with Gasteiger partial charge in [0, 0.05) is 11.6 Å².